The number of benzene rings is 2. The topological polar surface area (TPSA) is 111 Å². The molecule has 2 N–H and O–H groups in total. The van der Waals surface area contributed by atoms with Crippen molar-refractivity contribution in [3.8, 4) is 0 Å². The number of rotatable bonds is 8. The highest BCUT2D eigenvalue weighted by Crippen LogP contribution is 2.14. The fourth-order valence-corrected chi connectivity index (χ4v) is 2.15. The van der Waals surface area contributed by atoms with Crippen LogP contribution in [-0.4, -0.2) is 36.5 Å². The summed E-state index contributed by atoms with van der Waals surface area (Å²) in [5.41, 5.74) is 2.05. The minimum absolute atomic E-state index is 0.0132. The Labute approximate surface area is 150 Å². The van der Waals surface area contributed by atoms with Gasteiger partial charge in [-0.1, -0.05) is 17.7 Å². The SMILES string of the molecule is Cc1cccc(C(=O)OCC(=O)NCCNc2ccc([N+](=O)[O-])cc2)c1. The second kappa shape index (κ2) is 9.16. The molecule has 26 heavy (non-hydrogen) atoms. The Morgan fingerprint density at radius 2 is 1.85 bits per heavy atom. The highest BCUT2D eigenvalue weighted by molar-refractivity contribution is 5.91. The van der Waals surface area contributed by atoms with Crippen molar-refractivity contribution >= 4 is 23.3 Å². The number of nitro groups is 1. The van der Waals surface area contributed by atoms with E-state index < -0.39 is 16.8 Å². The Kier molecular flexibility index (Phi) is 6.67. The number of carbonyl (C=O) groups excluding carboxylic acids is 2. The first-order chi connectivity index (χ1) is 12.5. The van der Waals surface area contributed by atoms with Gasteiger partial charge in [0.15, 0.2) is 6.61 Å². The van der Waals surface area contributed by atoms with Crippen molar-refractivity contribution in [3.63, 3.8) is 0 Å². The van der Waals surface area contributed by atoms with Crippen LogP contribution in [0, 0.1) is 17.0 Å². The summed E-state index contributed by atoms with van der Waals surface area (Å²) in [6, 6.07) is 12.9. The molecule has 8 nitrogen and oxygen atoms in total. The standard InChI is InChI=1S/C18H19N3O5/c1-13-3-2-4-14(11-13)18(23)26-12-17(22)20-10-9-19-15-5-7-16(8-6-15)21(24)25/h2-8,11,19H,9-10,12H2,1H3,(H,20,22). The lowest BCUT2D eigenvalue weighted by Crippen LogP contribution is -2.32. The Bertz CT molecular complexity index is 790. The van der Waals surface area contributed by atoms with Gasteiger partial charge in [-0.3, -0.25) is 14.9 Å². The third-order valence-electron chi connectivity index (χ3n) is 3.44. The molecule has 0 saturated carbocycles. The van der Waals surface area contributed by atoms with E-state index in [4.69, 9.17) is 4.74 Å². The minimum atomic E-state index is -0.548. The molecule has 0 aliphatic carbocycles. The normalized spacial score (nSPS) is 10.0. The summed E-state index contributed by atoms with van der Waals surface area (Å²) in [5, 5.41) is 16.2. The lowest BCUT2D eigenvalue weighted by molar-refractivity contribution is -0.384. The van der Waals surface area contributed by atoms with Crippen molar-refractivity contribution in [1.29, 1.82) is 0 Å². The Morgan fingerprint density at radius 1 is 1.12 bits per heavy atom. The lowest BCUT2D eigenvalue weighted by Gasteiger charge is -2.08. The van der Waals surface area contributed by atoms with Gasteiger partial charge >= 0.3 is 5.97 Å². The number of nitrogens with zero attached hydrogens (tertiary/aromatic N) is 1. The van der Waals surface area contributed by atoms with Crippen molar-refractivity contribution in [2.45, 2.75) is 6.92 Å². The van der Waals surface area contributed by atoms with Crippen LogP contribution in [0.15, 0.2) is 48.5 Å². The molecule has 0 spiro atoms. The van der Waals surface area contributed by atoms with Crippen molar-refractivity contribution < 1.29 is 19.2 Å². The number of carbonyl (C=O) groups is 2. The third-order valence-corrected chi connectivity index (χ3v) is 3.44. The van der Waals surface area contributed by atoms with Gasteiger partial charge in [0.2, 0.25) is 0 Å². The summed E-state index contributed by atoms with van der Waals surface area (Å²) in [6.45, 7) is 2.25. The summed E-state index contributed by atoms with van der Waals surface area (Å²) in [4.78, 5) is 33.6. The lowest BCUT2D eigenvalue weighted by atomic mass is 10.1. The molecule has 0 bridgehead atoms. The Hall–Kier alpha value is -3.42. The second-order valence-corrected chi connectivity index (χ2v) is 5.53. The number of amides is 1. The van der Waals surface area contributed by atoms with E-state index in [1.807, 2.05) is 13.0 Å². The summed E-state index contributed by atoms with van der Waals surface area (Å²) in [6.07, 6.45) is 0. The number of hydrogen-bond donors (Lipinski definition) is 2. The molecule has 136 valence electrons. The molecule has 0 fully saturated rings. The average Bonchev–Trinajstić information content (AvgIpc) is 2.63. The van der Waals surface area contributed by atoms with E-state index in [1.165, 1.54) is 12.1 Å². The second-order valence-electron chi connectivity index (χ2n) is 5.53. The number of anilines is 1. The van der Waals surface area contributed by atoms with E-state index in [2.05, 4.69) is 10.6 Å². The van der Waals surface area contributed by atoms with Gasteiger partial charge in [0.1, 0.15) is 0 Å². The zero-order valence-corrected chi connectivity index (χ0v) is 14.2. The molecule has 2 aromatic carbocycles. The van der Waals surface area contributed by atoms with Crippen LogP contribution in [0.2, 0.25) is 0 Å². The van der Waals surface area contributed by atoms with Crippen molar-refractivity contribution in [1.82, 2.24) is 5.32 Å². The van der Waals surface area contributed by atoms with E-state index in [9.17, 15) is 19.7 Å². The monoisotopic (exact) mass is 357 g/mol. The predicted molar refractivity (Wildman–Crippen MR) is 96.1 cm³/mol. The fourth-order valence-electron chi connectivity index (χ4n) is 2.15. The van der Waals surface area contributed by atoms with Crippen molar-refractivity contribution in [2.75, 3.05) is 25.0 Å². The summed E-state index contributed by atoms with van der Waals surface area (Å²) in [7, 11) is 0. The van der Waals surface area contributed by atoms with E-state index >= 15 is 0 Å². The van der Waals surface area contributed by atoms with E-state index in [0.29, 0.717) is 24.3 Å². The molecule has 0 aliphatic rings. The first kappa shape index (κ1) is 18.9. The molecular weight excluding hydrogens is 338 g/mol. The predicted octanol–water partition coefficient (Wildman–Crippen LogP) is 2.29. The quantitative estimate of drug-likeness (QED) is 0.325. The zero-order chi connectivity index (χ0) is 18.9. The first-order valence-electron chi connectivity index (χ1n) is 7.94. The first-order valence-corrected chi connectivity index (χ1v) is 7.94. The van der Waals surface area contributed by atoms with Crippen LogP contribution in [0.5, 0.6) is 0 Å². The molecular formula is C18H19N3O5. The van der Waals surface area contributed by atoms with E-state index in [0.717, 1.165) is 5.56 Å². The Morgan fingerprint density at radius 3 is 2.50 bits per heavy atom. The van der Waals surface area contributed by atoms with E-state index in [1.54, 1.807) is 30.3 Å². The van der Waals surface area contributed by atoms with Crippen LogP contribution in [0.1, 0.15) is 15.9 Å². The summed E-state index contributed by atoms with van der Waals surface area (Å²) in [5.74, 6) is -0.954. The number of aryl methyl sites for hydroxylation is 1. The van der Waals surface area contributed by atoms with Crippen LogP contribution in [0.3, 0.4) is 0 Å². The van der Waals surface area contributed by atoms with Crippen LogP contribution in [0.4, 0.5) is 11.4 Å². The largest absolute Gasteiger partial charge is 0.452 e. The number of nitro benzene ring substituents is 1. The van der Waals surface area contributed by atoms with Crippen LogP contribution >= 0.6 is 0 Å². The van der Waals surface area contributed by atoms with Crippen LogP contribution in [0.25, 0.3) is 0 Å². The summed E-state index contributed by atoms with van der Waals surface area (Å²) < 4.78 is 4.96. The maximum absolute atomic E-state index is 11.8. The van der Waals surface area contributed by atoms with Gasteiger partial charge in [0.05, 0.1) is 10.5 Å². The third kappa shape index (κ3) is 5.90. The molecule has 0 heterocycles. The molecule has 2 rings (SSSR count). The van der Waals surface area contributed by atoms with Gasteiger partial charge in [0.25, 0.3) is 11.6 Å². The van der Waals surface area contributed by atoms with Crippen molar-refractivity contribution in [2.24, 2.45) is 0 Å². The van der Waals surface area contributed by atoms with Crippen LogP contribution < -0.4 is 10.6 Å². The smallest absolute Gasteiger partial charge is 0.338 e. The number of ether oxygens (including phenoxy) is 1. The van der Waals surface area contributed by atoms with Crippen molar-refractivity contribution in [3.05, 3.63) is 69.8 Å². The molecule has 0 aromatic heterocycles. The molecule has 8 heteroatoms. The number of nitrogens with one attached hydrogen (secondary N) is 2. The van der Waals surface area contributed by atoms with Gasteiger partial charge in [-0.15, -0.1) is 0 Å². The Balaban J connectivity index is 1.65. The molecule has 1 amide bonds. The molecule has 0 aliphatic heterocycles. The highest BCUT2D eigenvalue weighted by atomic mass is 16.6. The number of hydrogen-bond acceptors (Lipinski definition) is 6. The number of esters is 1. The maximum Gasteiger partial charge on any atom is 0.338 e. The van der Waals surface area contributed by atoms with Gasteiger partial charge in [-0.25, -0.2) is 4.79 Å². The molecule has 0 unspecified atom stereocenters. The van der Waals surface area contributed by atoms with Gasteiger partial charge in [0, 0.05) is 30.9 Å². The molecule has 0 atom stereocenters. The van der Waals surface area contributed by atoms with E-state index in [-0.39, 0.29) is 12.3 Å². The van der Waals surface area contributed by atoms with Gasteiger partial charge in [-0.2, -0.15) is 0 Å². The maximum atomic E-state index is 11.8. The zero-order valence-electron chi connectivity index (χ0n) is 14.2. The fraction of sp³-hybridized carbons (Fsp3) is 0.222. The van der Waals surface area contributed by atoms with Gasteiger partial charge < -0.3 is 15.4 Å². The summed E-state index contributed by atoms with van der Waals surface area (Å²) >= 11 is 0. The molecule has 0 saturated heterocycles. The highest BCUT2D eigenvalue weighted by Gasteiger charge is 2.10. The van der Waals surface area contributed by atoms with Crippen LogP contribution in [-0.2, 0) is 9.53 Å². The minimum Gasteiger partial charge on any atom is -0.452 e. The average molecular weight is 357 g/mol. The van der Waals surface area contributed by atoms with Gasteiger partial charge in [-0.05, 0) is 31.2 Å². The molecule has 0 radical (unpaired) electrons. The number of non-ortho nitro benzene ring substituents is 1. The molecule has 2 aromatic rings.